The summed E-state index contributed by atoms with van der Waals surface area (Å²) in [5.74, 6) is 1.70. The molecule has 0 fully saturated rings. The van der Waals surface area contributed by atoms with E-state index in [2.05, 4.69) is 20.2 Å². The smallest absolute Gasteiger partial charge is 0.244 e. The van der Waals surface area contributed by atoms with Gasteiger partial charge in [0.25, 0.3) is 0 Å². The Morgan fingerprint density at radius 2 is 1.89 bits per heavy atom. The van der Waals surface area contributed by atoms with Gasteiger partial charge in [0, 0.05) is 24.9 Å². The zero-order chi connectivity index (χ0) is 19.4. The summed E-state index contributed by atoms with van der Waals surface area (Å²) < 4.78 is 44.3. The second-order valence-electron chi connectivity index (χ2n) is 6.44. The minimum absolute atomic E-state index is 0. The minimum atomic E-state index is -3.80. The van der Waals surface area contributed by atoms with Crippen LogP contribution in [0.4, 0.5) is 0 Å². The Morgan fingerprint density at radius 1 is 1.18 bits per heavy atom. The number of likely N-dealkylation sites (N-methyl/N-ethyl adjacent to an activating group) is 1. The fraction of sp³-hybridized carbons (Fsp3) is 0.529. The lowest BCUT2D eigenvalue weighted by molar-refractivity contribution is 0.297. The molecule has 2 heterocycles. The molecule has 0 bridgehead atoms. The van der Waals surface area contributed by atoms with Crippen molar-refractivity contribution in [3.05, 3.63) is 29.9 Å². The number of halogens is 1. The second-order valence-corrected chi connectivity index (χ2v) is 8.16. The van der Waals surface area contributed by atoms with Crippen LogP contribution in [0.25, 0.3) is 0 Å². The molecule has 2 aromatic rings. The number of aromatic nitrogens is 2. The molecule has 2 unspecified atom stereocenters. The van der Waals surface area contributed by atoms with Crippen molar-refractivity contribution >= 4 is 22.4 Å². The Kier molecular flexibility index (Phi) is 7.64. The Hall–Kier alpha value is -1.88. The summed E-state index contributed by atoms with van der Waals surface area (Å²) in [6.45, 7) is 4.67. The summed E-state index contributed by atoms with van der Waals surface area (Å²) in [4.78, 5) is 4.35. The first-order chi connectivity index (χ1) is 12.9. The van der Waals surface area contributed by atoms with E-state index in [1.807, 2.05) is 14.0 Å². The number of hydrogen-bond donors (Lipinski definition) is 2. The van der Waals surface area contributed by atoms with Gasteiger partial charge in [0.1, 0.15) is 0 Å². The predicted octanol–water partition coefficient (Wildman–Crippen LogP) is 1.84. The SMILES string of the molecule is CNC(C)Cc1noc(C(C)NS(=O)(=O)c2ccc3c(c2)OCCCO3)n1.Cl. The highest BCUT2D eigenvalue weighted by Crippen LogP contribution is 2.32. The van der Waals surface area contributed by atoms with Crippen LogP contribution in [0.1, 0.15) is 38.0 Å². The maximum Gasteiger partial charge on any atom is 0.244 e. The third-order valence-electron chi connectivity index (χ3n) is 4.20. The van der Waals surface area contributed by atoms with Crippen LogP contribution in [0.3, 0.4) is 0 Å². The average molecular weight is 433 g/mol. The van der Waals surface area contributed by atoms with Gasteiger partial charge in [-0.15, -0.1) is 12.4 Å². The first-order valence-electron chi connectivity index (χ1n) is 8.81. The molecule has 2 atom stereocenters. The fourth-order valence-electron chi connectivity index (χ4n) is 2.56. The van der Waals surface area contributed by atoms with Crippen molar-refractivity contribution in [2.75, 3.05) is 20.3 Å². The van der Waals surface area contributed by atoms with E-state index < -0.39 is 16.1 Å². The third-order valence-corrected chi connectivity index (χ3v) is 5.74. The number of rotatable bonds is 7. The van der Waals surface area contributed by atoms with Crippen LogP contribution in [-0.2, 0) is 16.4 Å². The summed E-state index contributed by atoms with van der Waals surface area (Å²) in [6.07, 6.45) is 1.33. The number of nitrogens with one attached hydrogen (secondary N) is 2. The van der Waals surface area contributed by atoms with Gasteiger partial charge in [0.05, 0.1) is 24.2 Å². The maximum absolute atomic E-state index is 12.7. The summed E-state index contributed by atoms with van der Waals surface area (Å²) in [5.41, 5.74) is 0. The van der Waals surface area contributed by atoms with Crippen LogP contribution < -0.4 is 19.5 Å². The molecule has 1 aliphatic heterocycles. The van der Waals surface area contributed by atoms with Gasteiger partial charge in [-0.1, -0.05) is 5.16 Å². The standard InChI is InChI=1S/C17H24N4O5S.ClH/c1-11(18-3)9-16-19-17(26-20-16)12(2)21-27(22,23)13-5-6-14-15(10-13)25-8-4-7-24-14;/h5-6,10-12,18,21H,4,7-9H2,1-3H3;1H. The summed E-state index contributed by atoms with van der Waals surface area (Å²) in [5, 5.41) is 6.98. The number of hydrogen-bond acceptors (Lipinski definition) is 8. The molecule has 1 aromatic heterocycles. The maximum atomic E-state index is 12.7. The van der Waals surface area contributed by atoms with Gasteiger partial charge in [-0.3, -0.25) is 0 Å². The molecule has 11 heteroatoms. The van der Waals surface area contributed by atoms with Gasteiger partial charge in [-0.2, -0.15) is 9.71 Å². The molecule has 0 radical (unpaired) electrons. The van der Waals surface area contributed by atoms with E-state index >= 15 is 0 Å². The molecular weight excluding hydrogens is 408 g/mol. The monoisotopic (exact) mass is 432 g/mol. The number of nitrogens with zero attached hydrogens (tertiary/aromatic N) is 2. The van der Waals surface area contributed by atoms with E-state index in [-0.39, 0.29) is 29.2 Å². The highest BCUT2D eigenvalue weighted by molar-refractivity contribution is 7.89. The van der Waals surface area contributed by atoms with Crippen molar-refractivity contribution in [1.29, 1.82) is 0 Å². The van der Waals surface area contributed by atoms with Crippen LogP contribution >= 0.6 is 12.4 Å². The van der Waals surface area contributed by atoms with E-state index in [1.54, 1.807) is 13.0 Å². The predicted molar refractivity (Wildman–Crippen MR) is 105 cm³/mol. The van der Waals surface area contributed by atoms with E-state index in [1.165, 1.54) is 12.1 Å². The van der Waals surface area contributed by atoms with E-state index in [4.69, 9.17) is 14.0 Å². The van der Waals surface area contributed by atoms with Gasteiger partial charge >= 0.3 is 0 Å². The number of ether oxygens (including phenoxy) is 2. The summed E-state index contributed by atoms with van der Waals surface area (Å²) in [6, 6.07) is 4.06. The Labute approximate surface area is 170 Å². The van der Waals surface area contributed by atoms with Gasteiger partial charge in [0.15, 0.2) is 17.3 Å². The fourth-order valence-corrected chi connectivity index (χ4v) is 3.78. The Morgan fingerprint density at radius 3 is 2.61 bits per heavy atom. The number of fused-ring (bicyclic) bond motifs is 1. The number of benzene rings is 1. The second kappa shape index (κ2) is 9.55. The summed E-state index contributed by atoms with van der Waals surface area (Å²) in [7, 11) is -1.95. The van der Waals surface area contributed by atoms with Crippen molar-refractivity contribution in [3.8, 4) is 11.5 Å². The minimum Gasteiger partial charge on any atom is -0.490 e. The van der Waals surface area contributed by atoms with Crippen molar-refractivity contribution < 1.29 is 22.4 Å². The Bertz CT molecular complexity index is 889. The lowest BCUT2D eigenvalue weighted by atomic mass is 10.2. The molecule has 1 aromatic carbocycles. The quantitative estimate of drug-likeness (QED) is 0.680. The molecule has 1 aliphatic rings. The lowest BCUT2D eigenvalue weighted by Gasteiger charge is -2.13. The first kappa shape index (κ1) is 22.4. The molecule has 0 spiro atoms. The summed E-state index contributed by atoms with van der Waals surface area (Å²) >= 11 is 0. The number of sulfonamides is 1. The molecule has 2 N–H and O–H groups in total. The molecule has 0 saturated carbocycles. The van der Waals surface area contributed by atoms with Crippen LogP contribution in [0.2, 0.25) is 0 Å². The third kappa shape index (κ3) is 5.34. The Balaban J connectivity index is 0.00000280. The largest absolute Gasteiger partial charge is 0.490 e. The normalized spacial score (nSPS) is 16.0. The van der Waals surface area contributed by atoms with Gasteiger partial charge < -0.3 is 19.3 Å². The zero-order valence-electron chi connectivity index (χ0n) is 16.0. The van der Waals surface area contributed by atoms with Crippen molar-refractivity contribution in [3.63, 3.8) is 0 Å². The van der Waals surface area contributed by atoms with Crippen molar-refractivity contribution in [2.24, 2.45) is 0 Å². The molecule has 156 valence electrons. The molecule has 9 nitrogen and oxygen atoms in total. The molecule has 0 saturated heterocycles. The van der Waals surface area contributed by atoms with E-state index in [0.717, 1.165) is 6.42 Å². The lowest BCUT2D eigenvalue weighted by Crippen LogP contribution is -2.27. The van der Waals surface area contributed by atoms with E-state index in [9.17, 15) is 8.42 Å². The molecule has 0 amide bonds. The van der Waals surface area contributed by atoms with Crippen LogP contribution in [-0.4, -0.2) is 44.9 Å². The van der Waals surface area contributed by atoms with Crippen LogP contribution in [0.5, 0.6) is 11.5 Å². The van der Waals surface area contributed by atoms with Crippen molar-refractivity contribution in [1.82, 2.24) is 20.2 Å². The van der Waals surface area contributed by atoms with Gasteiger partial charge in [0.2, 0.25) is 15.9 Å². The first-order valence-corrected chi connectivity index (χ1v) is 10.3. The molecule has 0 aliphatic carbocycles. The van der Waals surface area contributed by atoms with Gasteiger partial charge in [-0.05, 0) is 33.0 Å². The molecule has 3 rings (SSSR count). The van der Waals surface area contributed by atoms with Crippen LogP contribution in [0.15, 0.2) is 27.6 Å². The van der Waals surface area contributed by atoms with Gasteiger partial charge in [-0.25, -0.2) is 8.42 Å². The van der Waals surface area contributed by atoms with Crippen molar-refractivity contribution in [2.45, 2.75) is 43.7 Å². The zero-order valence-corrected chi connectivity index (χ0v) is 17.6. The highest BCUT2D eigenvalue weighted by Gasteiger charge is 2.24. The van der Waals surface area contributed by atoms with Crippen LogP contribution in [0, 0.1) is 0 Å². The highest BCUT2D eigenvalue weighted by atomic mass is 35.5. The van der Waals surface area contributed by atoms with E-state index in [0.29, 0.717) is 37.0 Å². The molecule has 28 heavy (non-hydrogen) atoms. The molecular formula is C17H25ClN4O5S. The topological polar surface area (TPSA) is 116 Å². The average Bonchev–Trinajstić information content (AvgIpc) is 2.97.